The van der Waals surface area contributed by atoms with E-state index < -0.39 is 0 Å². The van der Waals surface area contributed by atoms with E-state index in [0.29, 0.717) is 0 Å². The average molecular weight is 316 g/mol. The van der Waals surface area contributed by atoms with Gasteiger partial charge in [-0.15, -0.1) is 0 Å². The summed E-state index contributed by atoms with van der Waals surface area (Å²) in [6.07, 6.45) is 4.03. The summed E-state index contributed by atoms with van der Waals surface area (Å²) in [6, 6.07) is 6.51. The van der Waals surface area contributed by atoms with Crippen molar-refractivity contribution in [2.24, 2.45) is 5.73 Å². The third-order valence-corrected chi connectivity index (χ3v) is 3.51. The molecule has 0 atom stereocenters. The number of aromatic nitrogens is 1. The van der Waals surface area contributed by atoms with Crippen LogP contribution in [0.3, 0.4) is 0 Å². The first-order chi connectivity index (χ1) is 11.1. The lowest BCUT2D eigenvalue weighted by atomic mass is 10.1. The van der Waals surface area contributed by atoms with Gasteiger partial charge in [0.15, 0.2) is 0 Å². The fraction of sp³-hybridized carbons (Fsp3) is 0.400. The van der Waals surface area contributed by atoms with Crippen molar-refractivity contribution in [1.82, 2.24) is 10.3 Å². The fourth-order valence-corrected chi connectivity index (χ4v) is 2.19. The third kappa shape index (κ3) is 6.33. The molecule has 1 aromatic heterocycles. The van der Waals surface area contributed by atoms with Crippen LogP contribution in [0, 0.1) is 6.92 Å². The monoisotopic (exact) mass is 315 g/mol. The normalized spacial score (nSPS) is 9.30. The molecule has 2 rings (SSSR count). The van der Waals surface area contributed by atoms with Crippen LogP contribution in [0.5, 0.6) is 0 Å². The molecule has 23 heavy (non-hydrogen) atoms. The van der Waals surface area contributed by atoms with Crippen LogP contribution < -0.4 is 11.1 Å². The number of nitrogens with two attached hydrogens (primary N) is 1. The van der Waals surface area contributed by atoms with Crippen LogP contribution >= 0.6 is 0 Å². The minimum atomic E-state index is 0.888. The van der Waals surface area contributed by atoms with Gasteiger partial charge in [-0.25, -0.2) is 0 Å². The van der Waals surface area contributed by atoms with Crippen molar-refractivity contribution in [1.29, 1.82) is 0 Å². The smallest absolute Gasteiger partial charge is 0.0456 e. The van der Waals surface area contributed by atoms with Crippen LogP contribution in [0.2, 0.25) is 0 Å². The first-order valence-electron chi connectivity index (χ1n) is 8.37. The van der Waals surface area contributed by atoms with E-state index in [1.54, 1.807) is 0 Å². The summed E-state index contributed by atoms with van der Waals surface area (Å²) >= 11 is 0. The third-order valence-electron chi connectivity index (χ3n) is 3.51. The van der Waals surface area contributed by atoms with Crippen molar-refractivity contribution in [3.8, 4) is 0 Å². The van der Waals surface area contributed by atoms with E-state index in [4.69, 9.17) is 0 Å². The molecule has 0 spiro atoms. The molecular weight excluding hydrogens is 282 g/mol. The van der Waals surface area contributed by atoms with Gasteiger partial charge >= 0.3 is 0 Å². The topological polar surface area (TPSA) is 53.8 Å². The van der Waals surface area contributed by atoms with Crippen molar-refractivity contribution >= 4 is 10.9 Å². The number of nitrogens with one attached hydrogen (secondary N) is 2. The molecule has 1 aromatic carbocycles. The number of aryl methyl sites for hydroxylation is 1. The molecule has 0 unspecified atom stereocenters. The second-order valence-electron chi connectivity index (χ2n) is 4.98. The Morgan fingerprint density at radius 1 is 1.22 bits per heavy atom. The van der Waals surface area contributed by atoms with Crippen molar-refractivity contribution in [2.75, 3.05) is 13.6 Å². The van der Waals surface area contributed by atoms with Crippen molar-refractivity contribution in [2.45, 2.75) is 40.5 Å². The van der Waals surface area contributed by atoms with Crippen LogP contribution in [0.1, 0.15) is 38.3 Å². The van der Waals surface area contributed by atoms with Gasteiger partial charge in [0.25, 0.3) is 0 Å². The lowest BCUT2D eigenvalue weighted by Gasteiger charge is -2.10. The van der Waals surface area contributed by atoms with Gasteiger partial charge in [-0.1, -0.05) is 45.6 Å². The van der Waals surface area contributed by atoms with E-state index in [1.807, 2.05) is 13.8 Å². The van der Waals surface area contributed by atoms with E-state index in [1.165, 1.54) is 29.1 Å². The molecule has 0 aliphatic carbocycles. The molecule has 0 radical (unpaired) electrons. The maximum absolute atomic E-state index is 4.50. The highest BCUT2D eigenvalue weighted by Crippen LogP contribution is 2.20. The molecule has 0 bridgehead atoms. The summed E-state index contributed by atoms with van der Waals surface area (Å²) in [5.74, 6) is 0. The Labute approximate surface area is 141 Å². The highest BCUT2D eigenvalue weighted by Gasteiger charge is 2.04. The van der Waals surface area contributed by atoms with E-state index in [2.05, 4.69) is 67.4 Å². The molecule has 3 nitrogen and oxygen atoms in total. The van der Waals surface area contributed by atoms with Crippen LogP contribution in [-0.4, -0.2) is 18.6 Å². The van der Waals surface area contributed by atoms with E-state index >= 15 is 0 Å². The Bertz CT molecular complexity index is 608. The summed E-state index contributed by atoms with van der Waals surface area (Å²) in [6.45, 7) is 17.1. The van der Waals surface area contributed by atoms with E-state index in [0.717, 1.165) is 30.7 Å². The Morgan fingerprint density at radius 2 is 1.87 bits per heavy atom. The molecule has 0 saturated heterocycles. The lowest BCUT2D eigenvalue weighted by Crippen LogP contribution is -2.16. The van der Waals surface area contributed by atoms with Crippen molar-refractivity contribution in [3.05, 3.63) is 60.0 Å². The molecule has 2 aromatic rings. The Morgan fingerprint density at radius 3 is 2.48 bits per heavy atom. The maximum Gasteiger partial charge on any atom is 0.0456 e. The van der Waals surface area contributed by atoms with Crippen LogP contribution in [0.25, 0.3) is 10.9 Å². The van der Waals surface area contributed by atoms with Gasteiger partial charge in [0, 0.05) is 29.3 Å². The van der Waals surface area contributed by atoms with Gasteiger partial charge in [-0.2, -0.15) is 0 Å². The van der Waals surface area contributed by atoms with Gasteiger partial charge < -0.3 is 16.0 Å². The predicted molar refractivity (Wildman–Crippen MR) is 105 cm³/mol. The van der Waals surface area contributed by atoms with Gasteiger partial charge in [0.1, 0.15) is 0 Å². The second kappa shape index (κ2) is 11.6. The number of H-pyrrole nitrogens is 1. The summed E-state index contributed by atoms with van der Waals surface area (Å²) in [4.78, 5) is 3.32. The lowest BCUT2D eigenvalue weighted by molar-refractivity contribution is 0.792. The molecule has 0 fully saturated rings. The Kier molecular flexibility index (Phi) is 10.5. The largest absolute Gasteiger partial charge is 0.385 e. The molecule has 0 saturated carbocycles. The number of benzene rings is 1. The molecule has 0 amide bonds. The number of hydrogen-bond donors (Lipinski definition) is 3. The highest BCUT2D eigenvalue weighted by atomic mass is 14.9. The van der Waals surface area contributed by atoms with Crippen molar-refractivity contribution < 1.29 is 0 Å². The molecule has 1 heterocycles. The van der Waals surface area contributed by atoms with E-state index in [-0.39, 0.29) is 0 Å². The zero-order valence-electron chi connectivity index (χ0n) is 15.4. The molecule has 3 heteroatoms. The van der Waals surface area contributed by atoms with Crippen LogP contribution in [-0.2, 0) is 6.42 Å². The zero-order valence-corrected chi connectivity index (χ0v) is 15.4. The molecule has 128 valence electrons. The quantitative estimate of drug-likeness (QED) is 0.677. The number of aromatic amines is 1. The molecule has 4 N–H and O–H groups in total. The van der Waals surface area contributed by atoms with Gasteiger partial charge in [0.2, 0.25) is 0 Å². The first-order valence-corrected chi connectivity index (χ1v) is 8.37. The standard InChI is InChI=1S/C17H22N2.C2H6.CH5N/c1-5-13(3)14(4)18-9-8-15-11-19-17-7-6-12(2)10-16(15)17;2*1-2/h6-7,10-11,18-19H,3-5,8-9H2,1-2H3;1-2H3;2H2,1H3. The number of hydrogen-bond acceptors (Lipinski definition) is 2. The SMILES string of the molecule is C=C(CC)C(=C)NCCc1c[nH]c2ccc(C)cc12.CC.CN. The van der Waals surface area contributed by atoms with Crippen LogP contribution in [0.4, 0.5) is 0 Å². The minimum Gasteiger partial charge on any atom is -0.385 e. The number of allylic oxidation sites excluding steroid dienone is 1. The second-order valence-corrected chi connectivity index (χ2v) is 4.98. The summed E-state index contributed by atoms with van der Waals surface area (Å²) in [7, 11) is 1.50. The number of rotatable bonds is 6. The maximum atomic E-state index is 4.50. The van der Waals surface area contributed by atoms with E-state index in [9.17, 15) is 0 Å². The molecule has 0 aliphatic heterocycles. The fourth-order valence-electron chi connectivity index (χ4n) is 2.19. The molecular formula is C20H33N3. The average Bonchev–Trinajstić information content (AvgIpc) is 3.00. The predicted octanol–water partition coefficient (Wildman–Crippen LogP) is 4.69. The zero-order chi connectivity index (χ0) is 17.8. The Hall–Kier alpha value is -2.00. The summed E-state index contributed by atoms with van der Waals surface area (Å²) in [5.41, 5.74) is 10.4. The van der Waals surface area contributed by atoms with Crippen LogP contribution in [0.15, 0.2) is 48.8 Å². The van der Waals surface area contributed by atoms with Gasteiger partial charge in [-0.05, 0) is 50.1 Å². The highest BCUT2D eigenvalue weighted by molar-refractivity contribution is 5.83. The van der Waals surface area contributed by atoms with Crippen molar-refractivity contribution in [3.63, 3.8) is 0 Å². The summed E-state index contributed by atoms with van der Waals surface area (Å²) in [5, 5.41) is 4.66. The first kappa shape index (κ1) is 21.0. The van der Waals surface area contributed by atoms with Gasteiger partial charge in [0.05, 0.1) is 0 Å². The van der Waals surface area contributed by atoms with Gasteiger partial charge in [-0.3, -0.25) is 0 Å². The Balaban J connectivity index is 0.00000112. The minimum absolute atomic E-state index is 0.888. The summed E-state index contributed by atoms with van der Waals surface area (Å²) < 4.78 is 0. The molecule has 0 aliphatic rings. The number of fused-ring (bicyclic) bond motifs is 1.